The first-order chi connectivity index (χ1) is 8.49. The molecular weight excluding hydrogens is 238 g/mol. The standard InChI is InChI=1S/C13H14F2N2O/c1-9(2)17-6-5-16(13(17)18)8-10-3-4-11(14)12(15)7-10/h3-7,9H,8H2,1-2H3. The molecule has 5 heteroatoms. The van der Waals surface area contributed by atoms with E-state index in [4.69, 9.17) is 0 Å². The van der Waals surface area contributed by atoms with Crippen molar-refractivity contribution in [2.24, 2.45) is 0 Å². The third-order valence-corrected chi connectivity index (χ3v) is 2.77. The molecule has 0 aliphatic rings. The van der Waals surface area contributed by atoms with Gasteiger partial charge in [0.05, 0.1) is 6.54 Å². The largest absolute Gasteiger partial charge is 0.328 e. The Morgan fingerprint density at radius 2 is 1.89 bits per heavy atom. The highest BCUT2D eigenvalue weighted by atomic mass is 19.2. The quantitative estimate of drug-likeness (QED) is 0.824. The van der Waals surface area contributed by atoms with Crippen LogP contribution in [0.3, 0.4) is 0 Å². The molecule has 0 radical (unpaired) electrons. The van der Waals surface area contributed by atoms with Gasteiger partial charge < -0.3 is 0 Å². The van der Waals surface area contributed by atoms with Crippen molar-refractivity contribution >= 4 is 0 Å². The molecule has 96 valence electrons. The second-order valence-corrected chi connectivity index (χ2v) is 4.46. The third kappa shape index (κ3) is 2.34. The number of benzene rings is 1. The van der Waals surface area contributed by atoms with Crippen LogP contribution in [0, 0.1) is 11.6 Å². The number of nitrogens with zero attached hydrogens (tertiary/aromatic N) is 2. The maximum absolute atomic E-state index is 13.0. The summed E-state index contributed by atoms with van der Waals surface area (Å²) in [4.78, 5) is 11.9. The molecule has 1 aromatic carbocycles. The summed E-state index contributed by atoms with van der Waals surface area (Å²) in [7, 11) is 0. The van der Waals surface area contributed by atoms with Crippen molar-refractivity contribution in [3.8, 4) is 0 Å². The van der Waals surface area contributed by atoms with Gasteiger partial charge in [-0.25, -0.2) is 13.6 Å². The number of rotatable bonds is 3. The first-order valence-electron chi connectivity index (χ1n) is 5.70. The number of hydrogen-bond acceptors (Lipinski definition) is 1. The lowest BCUT2D eigenvalue weighted by Gasteiger charge is -2.05. The van der Waals surface area contributed by atoms with Gasteiger partial charge in [0.2, 0.25) is 0 Å². The molecule has 2 rings (SSSR count). The van der Waals surface area contributed by atoms with Gasteiger partial charge in [0.1, 0.15) is 0 Å². The van der Waals surface area contributed by atoms with Crippen molar-refractivity contribution in [3.05, 3.63) is 58.3 Å². The Balaban J connectivity index is 2.29. The van der Waals surface area contributed by atoms with Gasteiger partial charge in [-0.1, -0.05) is 6.07 Å². The van der Waals surface area contributed by atoms with E-state index in [1.807, 2.05) is 13.8 Å². The molecule has 0 aliphatic heterocycles. The molecule has 0 atom stereocenters. The van der Waals surface area contributed by atoms with E-state index in [2.05, 4.69) is 0 Å². The summed E-state index contributed by atoms with van der Waals surface area (Å²) in [5.74, 6) is -1.78. The lowest BCUT2D eigenvalue weighted by Crippen LogP contribution is -2.25. The van der Waals surface area contributed by atoms with E-state index in [1.54, 1.807) is 17.0 Å². The van der Waals surface area contributed by atoms with Crippen molar-refractivity contribution in [1.82, 2.24) is 9.13 Å². The second-order valence-electron chi connectivity index (χ2n) is 4.46. The van der Waals surface area contributed by atoms with Crippen LogP contribution in [-0.2, 0) is 6.54 Å². The number of imidazole rings is 1. The molecule has 1 heterocycles. The van der Waals surface area contributed by atoms with E-state index in [0.717, 1.165) is 12.1 Å². The maximum Gasteiger partial charge on any atom is 0.328 e. The van der Waals surface area contributed by atoms with Gasteiger partial charge in [0.15, 0.2) is 11.6 Å². The van der Waals surface area contributed by atoms with Crippen LogP contribution in [0.5, 0.6) is 0 Å². The lowest BCUT2D eigenvalue weighted by molar-refractivity contribution is 0.506. The fraction of sp³-hybridized carbons (Fsp3) is 0.308. The van der Waals surface area contributed by atoms with E-state index in [0.29, 0.717) is 5.56 Å². The zero-order chi connectivity index (χ0) is 13.3. The molecule has 1 aromatic heterocycles. The van der Waals surface area contributed by atoms with Crippen LogP contribution in [0.25, 0.3) is 0 Å². The Labute approximate surface area is 103 Å². The van der Waals surface area contributed by atoms with Crippen LogP contribution < -0.4 is 5.69 Å². The maximum atomic E-state index is 13.0. The smallest absolute Gasteiger partial charge is 0.297 e. The van der Waals surface area contributed by atoms with Crippen molar-refractivity contribution in [2.45, 2.75) is 26.4 Å². The highest BCUT2D eigenvalue weighted by molar-refractivity contribution is 5.18. The molecule has 2 aromatic rings. The van der Waals surface area contributed by atoms with Crippen LogP contribution in [0.1, 0.15) is 25.5 Å². The van der Waals surface area contributed by atoms with Crippen molar-refractivity contribution in [2.75, 3.05) is 0 Å². The summed E-state index contributed by atoms with van der Waals surface area (Å²) < 4.78 is 28.9. The van der Waals surface area contributed by atoms with E-state index in [9.17, 15) is 13.6 Å². The van der Waals surface area contributed by atoms with E-state index < -0.39 is 11.6 Å². The van der Waals surface area contributed by atoms with E-state index in [-0.39, 0.29) is 18.3 Å². The monoisotopic (exact) mass is 252 g/mol. The topological polar surface area (TPSA) is 26.9 Å². The lowest BCUT2D eigenvalue weighted by atomic mass is 10.2. The Morgan fingerprint density at radius 3 is 2.44 bits per heavy atom. The Kier molecular flexibility index (Phi) is 3.32. The molecular formula is C13H14F2N2O. The highest BCUT2D eigenvalue weighted by Gasteiger charge is 2.08. The molecule has 0 amide bonds. The first-order valence-corrected chi connectivity index (χ1v) is 5.70. The molecule has 0 saturated carbocycles. The Bertz CT molecular complexity index is 614. The average Bonchev–Trinajstić information content (AvgIpc) is 2.66. The molecule has 0 aliphatic carbocycles. The van der Waals surface area contributed by atoms with Crippen LogP contribution >= 0.6 is 0 Å². The van der Waals surface area contributed by atoms with Crippen molar-refractivity contribution < 1.29 is 8.78 Å². The summed E-state index contributed by atoms with van der Waals surface area (Å²) in [6.07, 6.45) is 3.33. The van der Waals surface area contributed by atoms with Crippen LogP contribution in [-0.4, -0.2) is 9.13 Å². The predicted octanol–water partition coefficient (Wildman–Crippen LogP) is 2.56. The number of halogens is 2. The average molecular weight is 252 g/mol. The fourth-order valence-electron chi connectivity index (χ4n) is 1.78. The first kappa shape index (κ1) is 12.5. The Morgan fingerprint density at radius 1 is 1.17 bits per heavy atom. The zero-order valence-corrected chi connectivity index (χ0v) is 10.2. The number of hydrogen-bond donors (Lipinski definition) is 0. The van der Waals surface area contributed by atoms with Gasteiger partial charge in [0.25, 0.3) is 0 Å². The molecule has 0 unspecified atom stereocenters. The third-order valence-electron chi connectivity index (χ3n) is 2.77. The summed E-state index contributed by atoms with van der Waals surface area (Å²) in [5, 5.41) is 0. The second kappa shape index (κ2) is 4.76. The molecule has 0 fully saturated rings. The fourth-order valence-corrected chi connectivity index (χ4v) is 1.78. The SMILES string of the molecule is CC(C)n1ccn(Cc2ccc(F)c(F)c2)c1=O. The van der Waals surface area contributed by atoms with Crippen LogP contribution in [0.15, 0.2) is 35.4 Å². The van der Waals surface area contributed by atoms with Gasteiger partial charge in [0, 0.05) is 18.4 Å². The zero-order valence-electron chi connectivity index (χ0n) is 10.2. The Hall–Kier alpha value is -1.91. The minimum atomic E-state index is -0.899. The molecule has 0 spiro atoms. The van der Waals surface area contributed by atoms with Crippen LogP contribution in [0.2, 0.25) is 0 Å². The van der Waals surface area contributed by atoms with Gasteiger partial charge in [-0.05, 0) is 31.5 Å². The summed E-state index contributed by atoms with van der Waals surface area (Å²) in [5.41, 5.74) is 0.396. The highest BCUT2D eigenvalue weighted by Crippen LogP contribution is 2.10. The minimum Gasteiger partial charge on any atom is -0.297 e. The molecule has 3 nitrogen and oxygen atoms in total. The van der Waals surface area contributed by atoms with Gasteiger partial charge in [-0.3, -0.25) is 9.13 Å². The summed E-state index contributed by atoms with van der Waals surface area (Å²) in [6, 6.07) is 3.71. The van der Waals surface area contributed by atoms with E-state index >= 15 is 0 Å². The van der Waals surface area contributed by atoms with Crippen molar-refractivity contribution in [3.63, 3.8) is 0 Å². The van der Waals surface area contributed by atoms with Crippen molar-refractivity contribution in [1.29, 1.82) is 0 Å². The normalized spacial score (nSPS) is 11.2. The van der Waals surface area contributed by atoms with E-state index in [1.165, 1.54) is 10.6 Å². The predicted molar refractivity (Wildman–Crippen MR) is 64.5 cm³/mol. The van der Waals surface area contributed by atoms with Gasteiger partial charge in [-0.2, -0.15) is 0 Å². The summed E-state index contributed by atoms with van der Waals surface area (Å²) >= 11 is 0. The molecule has 0 saturated heterocycles. The summed E-state index contributed by atoms with van der Waals surface area (Å²) in [6.45, 7) is 4.04. The number of aromatic nitrogens is 2. The van der Waals surface area contributed by atoms with Gasteiger partial charge >= 0.3 is 5.69 Å². The minimum absolute atomic E-state index is 0.0729. The van der Waals surface area contributed by atoms with Gasteiger partial charge in [-0.15, -0.1) is 0 Å². The van der Waals surface area contributed by atoms with Crippen LogP contribution in [0.4, 0.5) is 8.78 Å². The molecule has 18 heavy (non-hydrogen) atoms. The molecule has 0 bridgehead atoms. The molecule has 0 N–H and O–H groups in total.